The summed E-state index contributed by atoms with van der Waals surface area (Å²) in [6.07, 6.45) is 3.27. The molecule has 0 atom stereocenters. The number of hydrogen-bond acceptors (Lipinski definition) is 2. The van der Waals surface area contributed by atoms with E-state index in [-0.39, 0.29) is 5.84 Å². The highest BCUT2D eigenvalue weighted by atomic mass is 14.7. The Kier molecular flexibility index (Phi) is 5.37. The highest BCUT2D eigenvalue weighted by Gasteiger charge is 2.00. The molecule has 0 aliphatic rings. The molecule has 2 rings (SSSR count). The average Bonchev–Trinajstić information content (AvgIpc) is 2.47. The van der Waals surface area contributed by atoms with Gasteiger partial charge in [0, 0.05) is 18.5 Å². The van der Waals surface area contributed by atoms with E-state index in [1.165, 1.54) is 16.7 Å². The first-order chi connectivity index (χ1) is 10.5. The smallest absolute Gasteiger partial charge is 0.0950 e. The van der Waals surface area contributed by atoms with E-state index in [2.05, 4.69) is 43.0 Å². The molecule has 0 saturated heterocycles. The minimum absolute atomic E-state index is 0.202. The molecular weight excluding hydrogens is 270 g/mol. The Balaban J connectivity index is 1.89. The van der Waals surface area contributed by atoms with Gasteiger partial charge in [0.2, 0.25) is 0 Å². The molecule has 0 spiro atoms. The average molecular weight is 293 g/mol. The van der Waals surface area contributed by atoms with Crippen molar-refractivity contribution in [3.63, 3.8) is 0 Å². The molecule has 3 heteroatoms. The summed E-state index contributed by atoms with van der Waals surface area (Å²) in [5, 5.41) is 7.30. The fourth-order valence-electron chi connectivity index (χ4n) is 2.42. The lowest BCUT2D eigenvalue weighted by Gasteiger charge is -2.06. The van der Waals surface area contributed by atoms with E-state index >= 15 is 0 Å². The van der Waals surface area contributed by atoms with Gasteiger partial charge in [-0.3, -0.25) is 5.41 Å². The molecule has 0 unspecified atom stereocenters. The monoisotopic (exact) mass is 293 g/mol. The van der Waals surface area contributed by atoms with Gasteiger partial charge in [0.25, 0.3) is 0 Å². The van der Waals surface area contributed by atoms with E-state index in [0.29, 0.717) is 12.1 Å². The first kappa shape index (κ1) is 15.8. The van der Waals surface area contributed by atoms with Gasteiger partial charge in [-0.1, -0.05) is 55.1 Å². The number of nitrogens with two attached hydrogens (primary N) is 2. The van der Waals surface area contributed by atoms with Gasteiger partial charge in [-0.2, -0.15) is 0 Å². The second-order valence-corrected chi connectivity index (χ2v) is 5.67. The maximum Gasteiger partial charge on any atom is 0.0950 e. The number of benzene rings is 2. The number of hydrogen-bond donors (Lipinski definition) is 3. The fraction of sp³-hybridized carbons (Fsp3) is 0.211. The second-order valence-electron chi connectivity index (χ2n) is 5.67. The first-order valence-electron chi connectivity index (χ1n) is 7.44. The molecule has 0 aromatic heterocycles. The summed E-state index contributed by atoms with van der Waals surface area (Å²) in [5.41, 5.74) is 16.6. The van der Waals surface area contributed by atoms with E-state index in [1.54, 1.807) is 0 Å². The van der Waals surface area contributed by atoms with Crippen LogP contribution in [0.25, 0.3) is 0 Å². The maximum absolute atomic E-state index is 7.30. The summed E-state index contributed by atoms with van der Waals surface area (Å²) in [7, 11) is 0. The highest BCUT2D eigenvalue weighted by molar-refractivity contribution is 5.79. The van der Waals surface area contributed by atoms with Crippen LogP contribution in [0.1, 0.15) is 22.3 Å². The number of nitrogens with one attached hydrogen (secondary N) is 1. The molecule has 22 heavy (non-hydrogen) atoms. The zero-order valence-corrected chi connectivity index (χ0v) is 12.8. The summed E-state index contributed by atoms with van der Waals surface area (Å²) in [5.74, 6) is 0.202. The van der Waals surface area contributed by atoms with Gasteiger partial charge >= 0.3 is 0 Å². The minimum atomic E-state index is 0.202. The van der Waals surface area contributed by atoms with Gasteiger partial charge in [0.1, 0.15) is 0 Å². The van der Waals surface area contributed by atoms with Crippen LogP contribution < -0.4 is 11.5 Å². The van der Waals surface area contributed by atoms with Crippen LogP contribution in [-0.2, 0) is 25.7 Å². The van der Waals surface area contributed by atoms with Crippen molar-refractivity contribution in [1.82, 2.24) is 0 Å². The first-order valence-corrected chi connectivity index (χ1v) is 7.44. The molecule has 3 nitrogen and oxygen atoms in total. The number of amidine groups is 1. The Bertz CT molecular complexity index is 580. The van der Waals surface area contributed by atoms with Crippen LogP contribution >= 0.6 is 0 Å². The summed E-state index contributed by atoms with van der Waals surface area (Å²) >= 11 is 0. The van der Waals surface area contributed by atoms with Crippen LogP contribution in [0.2, 0.25) is 0 Å². The van der Waals surface area contributed by atoms with Gasteiger partial charge < -0.3 is 11.5 Å². The molecule has 0 aliphatic carbocycles. The van der Waals surface area contributed by atoms with E-state index in [9.17, 15) is 0 Å². The van der Waals surface area contributed by atoms with Crippen molar-refractivity contribution in [2.75, 3.05) is 0 Å². The summed E-state index contributed by atoms with van der Waals surface area (Å²) in [6, 6.07) is 16.9. The van der Waals surface area contributed by atoms with Crippen LogP contribution in [0.4, 0.5) is 0 Å². The fourth-order valence-corrected chi connectivity index (χ4v) is 2.42. The molecule has 0 amide bonds. The summed E-state index contributed by atoms with van der Waals surface area (Å²) in [6.45, 7) is 3.73. The minimum Gasteiger partial charge on any atom is -0.402 e. The number of rotatable bonds is 7. The van der Waals surface area contributed by atoms with Crippen molar-refractivity contribution in [3.8, 4) is 0 Å². The van der Waals surface area contributed by atoms with Crippen molar-refractivity contribution < 1.29 is 0 Å². The third kappa shape index (κ3) is 5.09. The van der Waals surface area contributed by atoms with Crippen LogP contribution in [0.5, 0.6) is 0 Å². The Hall–Kier alpha value is -2.55. The van der Waals surface area contributed by atoms with Crippen molar-refractivity contribution in [2.24, 2.45) is 11.5 Å². The van der Waals surface area contributed by atoms with E-state index < -0.39 is 0 Å². The summed E-state index contributed by atoms with van der Waals surface area (Å²) < 4.78 is 0. The van der Waals surface area contributed by atoms with Gasteiger partial charge in [-0.15, -0.1) is 0 Å². The number of aryl methyl sites for hydroxylation is 2. The molecular formula is C19H23N3. The standard InChI is InChI=1S/C19H23N3/c1-14(20)12-17-8-4-15(5-9-17)2-3-16-6-10-18(11-7-16)13-19(21)22/h4-11H,1-3,12-13,20H2,(H3,21,22). The molecule has 0 fully saturated rings. The molecule has 2 aromatic carbocycles. The number of allylic oxidation sites excluding steroid dienone is 1. The predicted octanol–water partition coefficient (Wildman–Crippen LogP) is 2.97. The van der Waals surface area contributed by atoms with Gasteiger partial charge in [0.15, 0.2) is 0 Å². The SMILES string of the molecule is C=C(N)Cc1ccc(CCc2ccc(CC(=N)N)cc2)cc1. The van der Waals surface area contributed by atoms with E-state index in [0.717, 1.165) is 24.8 Å². The second kappa shape index (κ2) is 7.46. The molecule has 0 radical (unpaired) electrons. The van der Waals surface area contributed by atoms with Gasteiger partial charge in [-0.25, -0.2) is 0 Å². The Morgan fingerprint density at radius 2 is 1.09 bits per heavy atom. The maximum atomic E-state index is 7.30. The van der Waals surface area contributed by atoms with Crippen LogP contribution in [0, 0.1) is 5.41 Å². The van der Waals surface area contributed by atoms with Crippen molar-refractivity contribution in [3.05, 3.63) is 83.1 Å². The Morgan fingerprint density at radius 3 is 1.45 bits per heavy atom. The lowest BCUT2D eigenvalue weighted by molar-refractivity contribution is 0.956. The topological polar surface area (TPSA) is 75.9 Å². The third-order valence-electron chi connectivity index (χ3n) is 3.57. The van der Waals surface area contributed by atoms with Crippen molar-refractivity contribution in [2.45, 2.75) is 25.7 Å². The van der Waals surface area contributed by atoms with E-state index in [4.69, 9.17) is 16.9 Å². The Labute approximate surface area is 132 Å². The molecule has 0 heterocycles. The largest absolute Gasteiger partial charge is 0.402 e. The molecule has 0 saturated carbocycles. The Morgan fingerprint density at radius 1 is 0.727 bits per heavy atom. The lowest BCUT2D eigenvalue weighted by atomic mass is 10.0. The molecule has 0 aliphatic heterocycles. The highest BCUT2D eigenvalue weighted by Crippen LogP contribution is 2.12. The predicted molar refractivity (Wildman–Crippen MR) is 92.9 cm³/mol. The molecule has 5 N–H and O–H groups in total. The van der Waals surface area contributed by atoms with E-state index in [1.807, 2.05) is 12.1 Å². The molecule has 2 aromatic rings. The molecule has 0 bridgehead atoms. The van der Waals surface area contributed by atoms with Crippen molar-refractivity contribution in [1.29, 1.82) is 5.41 Å². The van der Waals surface area contributed by atoms with Crippen LogP contribution in [0.3, 0.4) is 0 Å². The summed E-state index contributed by atoms with van der Waals surface area (Å²) in [4.78, 5) is 0. The van der Waals surface area contributed by atoms with Crippen LogP contribution in [-0.4, -0.2) is 5.84 Å². The quantitative estimate of drug-likeness (QED) is 0.542. The zero-order chi connectivity index (χ0) is 15.9. The lowest BCUT2D eigenvalue weighted by Crippen LogP contribution is -2.12. The third-order valence-corrected chi connectivity index (χ3v) is 3.57. The van der Waals surface area contributed by atoms with Crippen molar-refractivity contribution >= 4 is 5.84 Å². The zero-order valence-electron chi connectivity index (χ0n) is 12.8. The molecule has 114 valence electrons. The van der Waals surface area contributed by atoms with Gasteiger partial charge in [-0.05, 0) is 35.1 Å². The van der Waals surface area contributed by atoms with Crippen LogP contribution in [0.15, 0.2) is 60.8 Å². The normalized spacial score (nSPS) is 10.4. The van der Waals surface area contributed by atoms with Gasteiger partial charge in [0.05, 0.1) is 5.84 Å².